The van der Waals surface area contributed by atoms with Gasteiger partial charge in [0.15, 0.2) is 0 Å². The number of primary amides is 2. The van der Waals surface area contributed by atoms with E-state index in [4.69, 9.17) is 11.5 Å². The second-order valence-electron chi connectivity index (χ2n) is 8.11. The molecule has 0 unspecified atom stereocenters. The minimum absolute atomic E-state index is 0.141. The highest BCUT2D eigenvalue weighted by atomic mass is 16.2. The maximum atomic E-state index is 13.1. The van der Waals surface area contributed by atoms with Crippen LogP contribution in [0.2, 0.25) is 0 Å². The molecule has 0 spiro atoms. The van der Waals surface area contributed by atoms with Crippen molar-refractivity contribution in [3.8, 4) is 11.1 Å². The van der Waals surface area contributed by atoms with Crippen molar-refractivity contribution in [3.63, 3.8) is 0 Å². The molecule has 6 N–H and O–H groups in total. The molecule has 0 radical (unpaired) electrons. The lowest BCUT2D eigenvalue weighted by atomic mass is 9.99. The maximum absolute atomic E-state index is 13.1. The van der Waals surface area contributed by atoms with Crippen LogP contribution in [0.5, 0.6) is 0 Å². The zero-order valence-electron chi connectivity index (χ0n) is 19.1. The molecule has 4 amide bonds. The van der Waals surface area contributed by atoms with Gasteiger partial charge in [0, 0.05) is 19.3 Å². The average molecular weight is 473 g/mol. The third kappa shape index (κ3) is 7.53. The second-order valence-corrected chi connectivity index (χ2v) is 8.11. The van der Waals surface area contributed by atoms with Gasteiger partial charge in [0.2, 0.25) is 23.6 Å². The molecule has 3 aromatic rings. The molecule has 0 aliphatic rings. The topological polar surface area (TPSA) is 144 Å². The normalized spacial score (nSPS) is 12.2. The quantitative estimate of drug-likeness (QED) is 0.338. The summed E-state index contributed by atoms with van der Waals surface area (Å²) in [5.41, 5.74) is 14.1. The van der Waals surface area contributed by atoms with E-state index in [9.17, 15) is 19.2 Å². The monoisotopic (exact) mass is 472 g/mol. The lowest BCUT2D eigenvalue weighted by molar-refractivity contribution is -0.132. The Kier molecular flexibility index (Phi) is 8.72. The molecule has 2 atom stereocenters. The van der Waals surface area contributed by atoms with E-state index >= 15 is 0 Å². The van der Waals surface area contributed by atoms with Crippen LogP contribution in [0.15, 0.2) is 84.9 Å². The van der Waals surface area contributed by atoms with Crippen molar-refractivity contribution in [2.75, 3.05) is 0 Å². The molecule has 0 aliphatic heterocycles. The van der Waals surface area contributed by atoms with E-state index in [0.29, 0.717) is 5.56 Å². The second kappa shape index (κ2) is 12.1. The Morgan fingerprint density at radius 3 is 1.83 bits per heavy atom. The first-order valence-electron chi connectivity index (χ1n) is 11.2. The van der Waals surface area contributed by atoms with Gasteiger partial charge in [-0.05, 0) is 22.3 Å². The molecule has 0 aliphatic carbocycles. The number of rotatable bonds is 11. The highest BCUT2D eigenvalue weighted by molar-refractivity contribution is 5.93. The molecule has 0 bridgehead atoms. The first kappa shape index (κ1) is 25.2. The van der Waals surface area contributed by atoms with Crippen LogP contribution >= 0.6 is 0 Å². The van der Waals surface area contributed by atoms with Crippen LogP contribution in [0.3, 0.4) is 0 Å². The van der Waals surface area contributed by atoms with Gasteiger partial charge in [-0.1, -0.05) is 84.9 Å². The van der Waals surface area contributed by atoms with Crippen molar-refractivity contribution < 1.29 is 19.2 Å². The highest BCUT2D eigenvalue weighted by Gasteiger charge is 2.27. The van der Waals surface area contributed by atoms with Crippen LogP contribution in [-0.2, 0) is 25.6 Å². The van der Waals surface area contributed by atoms with Gasteiger partial charge in [0.25, 0.3) is 0 Å². The zero-order chi connectivity index (χ0) is 25.2. The first-order chi connectivity index (χ1) is 16.8. The molecule has 0 fully saturated rings. The van der Waals surface area contributed by atoms with Gasteiger partial charge < -0.3 is 22.1 Å². The number of benzene rings is 3. The summed E-state index contributed by atoms with van der Waals surface area (Å²) in [4.78, 5) is 48.6. The third-order valence-corrected chi connectivity index (χ3v) is 5.46. The summed E-state index contributed by atoms with van der Waals surface area (Å²) < 4.78 is 0. The highest BCUT2D eigenvalue weighted by Crippen LogP contribution is 2.20. The van der Waals surface area contributed by atoms with Crippen molar-refractivity contribution in [2.24, 2.45) is 11.5 Å². The van der Waals surface area contributed by atoms with Crippen LogP contribution in [0, 0.1) is 0 Å². The molecule has 3 rings (SSSR count). The molecule has 8 heteroatoms. The van der Waals surface area contributed by atoms with E-state index in [-0.39, 0.29) is 19.3 Å². The van der Waals surface area contributed by atoms with E-state index in [1.165, 1.54) is 0 Å². The summed E-state index contributed by atoms with van der Waals surface area (Å²) in [6.07, 6.45) is -0.107. The standard InChI is InChI=1S/C27H28N4O4/c28-23(32)15-16-24(33)31-25(21-9-5-2-6-10-21)27(35)30-22(26(29)34)17-18-11-13-20(14-12-18)19-7-3-1-4-8-19/h1-14,22,25H,15-17H2,(H2,28,32)(H2,29,34)(H,30,35)(H,31,33)/t22-,25+/m0/s1. The number of hydrogen-bond acceptors (Lipinski definition) is 4. The number of nitrogens with two attached hydrogens (primary N) is 2. The molecule has 35 heavy (non-hydrogen) atoms. The molecule has 0 saturated carbocycles. The fourth-order valence-corrected chi connectivity index (χ4v) is 3.59. The van der Waals surface area contributed by atoms with Gasteiger partial charge >= 0.3 is 0 Å². The van der Waals surface area contributed by atoms with Crippen LogP contribution in [0.1, 0.15) is 30.0 Å². The molecular formula is C27H28N4O4. The largest absolute Gasteiger partial charge is 0.370 e. The van der Waals surface area contributed by atoms with E-state index in [1.807, 2.05) is 54.6 Å². The number of carbonyl (C=O) groups excluding carboxylic acids is 4. The Hall–Kier alpha value is -4.46. The Morgan fingerprint density at radius 2 is 1.26 bits per heavy atom. The predicted octanol–water partition coefficient (Wildman–Crippen LogP) is 1.99. The summed E-state index contributed by atoms with van der Waals surface area (Å²) in [5.74, 6) is -2.42. The van der Waals surface area contributed by atoms with Gasteiger partial charge in [0.1, 0.15) is 12.1 Å². The van der Waals surface area contributed by atoms with Crippen molar-refractivity contribution in [1.29, 1.82) is 0 Å². The molecule has 0 saturated heterocycles. The van der Waals surface area contributed by atoms with E-state index in [2.05, 4.69) is 10.6 Å². The Labute approximate surface area is 203 Å². The third-order valence-electron chi connectivity index (χ3n) is 5.46. The average Bonchev–Trinajstić information content (AvgIpc) is 2.87. The predicted molar refractivity (Wildman–Crippen MR) is 132 cm³/mol. The molecule has 180 valence electrons. The number of carbonyl (C=O) groups is 4. The summed E-state index contributed by atoms with van der Waals surface area (Å²) in [6.45, 7) is 0. The minimum atomic E-state index is -1.07. The first-order valence-corrected chi connectivity index (χ1v) is 11.2. The number of hydrogen-bond donors (Lipinski definition) is 4. The SMILES string of the molecule is NC(=O)CCC(=O)N[C@@H](C(=O)N[C@@H](Cc1ccc(-c2ccccc2)cc1)C(N)=O)c1ccccc1. The number of nitrogens with one attached hydrogen (secondary N) is 2. The van der Waals surface area contributed by atoms with Crippen LogP contribution in [0.25, 0.3) is 11.1 Å². The Bertz CT molecular complexity index is 1160. The molecule has 0 aromatic heterocycles. The van der Waals surface area contributed by atoms with Gasteiger partial charge in [-0.25, -0.2) is 0 Å². The van der Waals surface area contributed by atoms with Crippen LogP contribution < -0.4 is 22.1 Å². The lowest BCUT2D eigenvalue weighted by Crippen LogP contribution is -2.50. The summed E-state index contributed by atoms with van der Waals surface area (Å²) in [5, 5.41) is 5.27. The van der Waals surface area contributed by atoms with Gasteiger partial charge in [-0.15, -0.1) is 0 Å². The Morgan fingerprint density at radius 1 is 0.686 bits per heavy atom. The zero-order valence-corrected chi connectivity index (χ0v) is 19.1. The number of amides is 4. The molecular weight excluding hydrogens is 444 g/mol. The molecule has 8 nitrogen and oxygen atoms in total. The summed E-state index contributed by atoms with van der Waals surface area (Å²) in [7, 11) is 0. The van der Waals surface area contributed by atoms with Crippen molar-refractivity contribution >= 4 is 23.6 Å². The van der Waals surface area contributed by atoms with Gasteiger partial charge in [-0.3, -0.25) is 19.2 Å². The van der Waals surface area contributed by atoms with E-state index in [0.717, 1.165) is 16.7 Å². The van der Waals surface area contributed by atoms with Gasteiger partial charge in [0.05, 0.1) is 0 Å². The summed E-state index contributed by atoms with van der Waals surface area (Å²) >= 11 is 0. The molecule has 3 aromatic carbocycles. The van der Waals surface area contributed by atoms with E-state index in [1.54, 1.807) is 30.3 Å². The fourth-order valence-electron chi connectivity index (χ4n) is 3.59. The van der Waals surface area contributed by atoms with Crippen LogP contribution in [0.4, 0.5) is 0 Å². The lowest BCUT2D eigenvalue weighted by Gasteiger charge is -2.22. The fraction of sp³-hybridized carbons (Fsp3) is 0.185. The molecule has 0 heterocycles. The smallest absolute Gasteiger partial charge is 0.247 e. The van der Waals surface area contributed by atoms with Crippen molar-refractivity contribution in [1.82, 2.24) is 10.6 Å². The van der Waals surface area contributed by atoms with Gasteiger partial charge in [-0.2, -0.15) is 0 Å². The Balaban J connectivity index is 1.72. The minimum Gasteiger partial charge on any atom is -0.370 e. The maximum Gasteiger partial charge on any atom is 0.247 e. The van der Waals surface area contributed by atoms with Crippen molar-refractivity contribution in [3.05, 3.63) is 96.1 Å². The van der Waals surface area contributed by atoms with Crippen LogP contribution in [-0.4, -0.2) is 29.7 Å². The van der Waals surface area contributed by atoms with E-state index < -0.39 is 35.7 Å². The van der Waals surface area contributed by atoms with Crippen molar-refractivity contribution in [2.45, 2.75) is 31.3 Å². The summed E-state index contributed by atoms with van der Waals surface area (Å²) in [6, 6.07) is 24.0.